The third kappa shape index (κ3) is 6.13. The van der Waals surface area contributed by atoms with Gasteiger partial charge >= 0.3 is 12.1 Å². The lowest BCUT2D eigenvalue weighted by Crippen LogP contribution is -2.29. The Morgan fingerprint density at radius 1 is 1.10 bits per heavy atom. The van der Waals surface area contributed by atoms with Crippen molar-refractivity contribution in [3.8, 4) is 0 Å². The van der Waals surface area contributed by atoms with E-state index in [1.54, 1.807) is 18.3 Å². The molecule has 0 aliphatic carbocycles. The van der Waals surface area contributed by atoms with Crippen LogP contribution in [0.1, 0.15) is 18.1 Å². The van der Waals surface area contributed by atoms with Crippen LogP contribution in [0.2, 0.25) is 0 Å². The number of para-hydroxylation sites is 1. The fourth-order valence-electron chi connectivity index (χ4n) is 2.26. The summed E-state index contributed by atoms with van der Waals surface area (Å²) in [5.41, 5.74) is 3.10. The molecule has 2 rings (SSSR count). The molecule has 2 amide bonds. The predicted molar refractivity (Wildman–Crippen MR) is 98.3 cm³/mol. The topological polar surface area (TPSA) is 114 Å². The normalized spacial score (nSPS) is 11.7. The maximum absolute atomic E-state index is 12.2. The summed E-state index contributed by atoms with van der Waals surface area (Å²) in [5.74, 6) is -2.66. The third-order valence-corrected chi connectivity index (χ3v) is 3.71. The number of carbonyl (C=O) groups is 2. The van der Waals surface area contributed by atoms with Gasteiger partial charge in [0.1, 0.15) is 0 Å². The van der Waals surface area contributed by atoms with Crippen LogP contribution in [0.15, 0.2) is 53.6 Å². The van der Waals surface area contributed by atoms with Crippen LogP contribution < -0.4 is 10.7 Å². The van der Waals surface area contributed by atoms with Gasteiger partial charge in [-0.3, -0.25) is 19.7 Å². The molecule has 0 atom stereocenters. The van der Waals surface area contributed by atoms with E-state index in [1.165, 1.54) is 42.5 Å². The van der Waals surface area contributed by atoms with Gasteiger partial charge in [0.2, 0.25) is 5.91 Å². The zero-order chi connectivity index (χ0) is 21.6. The number of nitrogens with one attached hydrogen (secondary N) is 2. The minimum absolute atomic E-state index is 0.0516. The molecular weight excluding hydrogens is 393 g/mol. The molecule has 0 saturated heterocycles. The van der Waals surface area contributed by atoms with Gasteiger partial charge in [-0.2, -0.15) is 18.3 Å². The first-order valence-electron chi connectivity index (χ1n) is 8.12. The lowest BCUT2D eigenvalue weighted by Gasteiger charge is -2.08. The van der Waals surface area contributed by atoms with E-state index in [-0.39, 0.29) is 23.4 Å². The van der Waals surface area contributed by atoms with Crippen LogP contribution in [0.4, 0.5) is 24.5 Å². The molecular formula is C18H15F3N4O4. The molecule has 0 bridgehead atoms. The van der Waals surface area contributed by atoms with E-state index in [1.807, 2.05) is 0 Å². The summed E-state index contributed by atoms with van der Waals surface area (Å²) in [5, 5.41) is 16.5. The van der Waals surface area contributed by atoms with E-state index < -0.39 is 22.9 Å². The van der Waals surface area contributed by atoms with E-state index in [0.717, 1.165) is 0 Å². The highest BCUT2D eigenvalue weighted by Crippen LogP contribution is 2.19. The SMILES string of the molecule is C/C(=N/NC(=O)Cc1ccccc1[N+](=O)[O-])c1ccc(NC(=O)C(F)(F)F)cc1. The number of hydrogen-bond acceptors (Lipinski definition) is 5. The molecule has 11 heteroatoms. The lowest BCUT2D eigenvalue weighted by atomic mass is 10.1. The van der Waals surface area contributed by atoms with Crippen LogP contribution in [0.5, 0.6) is 0 Å². The molecule has 0 saturated carbocycles. The fraction of sp³-hybridized carbons (Fsp3) is 0.167. The van der Waals surface area contributed by atoms with E-state index >= 15 is 0 Å². The zero-order valence-corrected chi connectivity index (χ0v) is 15.0. The predicted octanol–water partition coefficient (Wildman–Crippen LogP) is 3.18. The number of hydrazone groups is 1. The molecule has 0 heterocycles. The van der Waals surface area contributed by atoms with Crippen molar-refractivity contribution in [2.75, 3.05) is 5.32 Å². The monoisotopic (exact) mass is 408 g/mol. The highest BCUT2D eigenvalue weighted by Gasteiger charge is 2.38. The number of nitrogens with zero attached hydrogens (tertiary/aromatic N) is 2. The van der Waals surface area contributed by atoms with E-state index in [4.69, 9.17) is 0 Å². The number of amides is 2. The molecule has 2 aromatic rings. The molecule has 152 valence electrons. The number of halogens is 3. The highest BCUT2D eigenvalue weighted by molar-refractivity contribution is 6.00. The van der Waals surface area contributed by atoms with Crippen molar-refractivity contribution in [1.29, 1.82) is 0 Å². The Balaban J connectivity index is 2.00. The van der Waals surface area contributed by atoms with Gasteiger partial charge in [0, 0.05) is 17.3 Å². The largest absolute Gasteiger partial charge is 0.471 e. The molecule has 0 spiro atoms. The Kier molecular flexibility index (Phi) is 6.65. The number of alkyl halides is 3. The van der Waals surface area contributed by atoms with Crippen molar-refractivity contribution in [2.24, 2.45) is 5.10 Å². The summed E-state index contributed by atoms with van der Waals surface area (Å²) in [7, 11) is 0. The van der Waals surface area contributed by atoms with Crippen molar-refractivity contribution in [3.63, 3.8) is 0 Å². The van der Waals surface area contributed by atoms with Gasteiger partial charge in [0.25, 0.3) is 5.69 Å². The molecule has 29 heavy (non-hydrogen) atoms. The van der Waals surface area contributed by atoms with Crippen molar-refractivity contribution < 1.29 is 27.7 Å². The second-order valence-corrected chi connectivity index (χ2v) is 5.82. The van der Waals surface area contributed by atoms with Crippen LogP contribution in [-0.4, -0.2) is 28.6 Å². The Labute approximate surface area is 162 Å². The Morgan fingerprint density at radius 2 is 1.72 bits per heavy atom. The summed E-state index contributed by atoms with van der Waals surface area (Å²) >= 11 is 0. The first-order chi connectivity index (χ1) is 13.6. The number of nitro benzene ring substituents is 1. The second kappa shape index (κ2) is 8.95. The number of anilines is 1. The van der Waals surface area contributed by atoms with Crippen LogP contribution in [0.3, 0.4) is 0 Å². The fourth-order valence-corrected chi connectivity index (χ4v) is 2.26. The number of carbonyl (C=O) groups excluding carboxylic acids is 2. The average Bonchev–Trinajstić information content (AvgIpc) is 2.66. The molecule has 0 radical (unpaired) electrons. The summed E-state index contributed by atoms with van der Waals surface area (Å²) in [6.07, 6.45) is -5.25. The highest BCUT2D eigenvalue weighted by atomic mass is 19.4. The minimum Gasteiger partial charge on any atom is -0.318 e. The van der Waals surface area contributed by atoms with Crippen LogP contribution in [0, 0.1) is 10.1 Å². The summed E-state index contributed by atoms with van der Waals surface area (Å²) in [4.78, 5) is 33.3. The Bertz CT molecular complexity index is 956. The summed E-state index contributed by atoms with van der Waals surface area (Å²) < 4.78 is 36.7. The maximum atomic E-state index is 12.2. The van der Waals surface area contributed by atoms with Crippen LogP contribution in [0.25, 0.3) is 0 Å². The minimum atomic E-state index is -4.99. The Hall–Kier alpha value is -3.76. The number of hydrogen-bond donors (Lipinski definition) is 2. The van der Waals surface area contributed by atoms with Gasteiger partial charge in [0.05, 0.1) is 17.1 Å². The van der Waals surface area contributed by atoms with Crippen molar-refractivity contribution in [3.05, 3.63) is 69.8 Å². The average molecular weight is 408 g/mol. The molecule has 2 aromatic carbocycles. The van der Waals surface area contributed by atoms with E-state index in [9.17, 15) is 32.9 Å². The maximum Gasteiger partial charge on any atom is 0.471 e. The van der Waals surface area contributed by atoms with E-state index in [0.29, 0.717) is 11.3 Å². The molecule has 0 fully saturated rings. The summed E-state index contributed by atoms with van der Waals surface area (Å²) in [6, 6.07) is 11.2. The van der Waals surface area contributed by atoms with Gasteiger partial charge in [-0.1, -0.05) is 30.3 Å². The number of nitro groups is 1. The summed E-state index contributed by atoms with van der Waals surface area (Å²) in [6.45, 7) is 1.55. The smallest absolute Gasteiger partial charge is 0.318 e. The molecule has 0 unspecified atom stereocenters. The molecule has 0 aromatic heterocycles. The van der Waals surface area contributed by atoms with Gasteiger partial charge in [-0.25, -0.2) is 5.43 Å². The van der Waals surface area contributed by atoms with Gasteiger partial charge in [0.15, 0.2) is 0 Å². The number of benzene rings is 2. The first kappa shape index (κ1) is 21.5. The third-order valence-electron chi connectivity index (χ3n) is 3.71. The zero-order valence-electron chi connectivity index (χ0n) is 15.0. The Morgan fingerprint density at radius 3 is 2.31 bits per heavy atom. The molecule has 2 N–H and O–H groups in total. The van der Waals surface area contributed by atoms with Crippen LogP contribution >= 0.6 is 0 Å². The first-order valence-corrected chi connectivity index (χ1v) is 8.12. The van der Waals surface area contributed by atoms with Gasteiger partial charge in [-0.15, -0.1) is 0 Å². The van der Waals surface area contributed by atoms with E-state index in [2.05, 4.69) is 10.5 Å². The van der Waals surface area contributed by atoms with Crippen molar-refractivity contribution >= 4 is 28.9 Å². The molecule has 0 aliphatic rings. The molecule has 0 aliphatic heterocycles. The van der Waals surface area contributed by atoms with Crippen molar-refractivity contribution in [2.45, 2.75) is 19.5 Å². The number of rotatable bonds is 6. The molecule has 8 nitrogen and oxygen atoms in total. The second-order valence-electron chi connectivity index (χ2n) is 5.82. The van der Waals surface area contributed by atoms with Crippen LogP contribution in [-0.2, 0) is 16.0 Å². The lowest BCUT2D eigenvalue weighted by molar-refractivity contribution is -0.385. The quantitative estimate of drug-likeness (QED) is 0.434. The van der Waals surface area contributed by atoms with Gasteiger partial charge < -0.3 is 5.32 Å². The standard InChI is InChI=1S/C18H15F3N4O4/c1-11(12-6-8-14(9-7-12)22-17(27)18(19,20)21)23-24-16(26)10-13-4-2-3-5-15(13)25(28)29/h2-9H,10H2,1H3,(H,22,27)(H,24,26)/b23-11-. The van der Waals surface area contributed by atoms with Gasteiger partial charge in [-0.05, 0) is 24.6 Å². The van der Waals surface area contributed by atoms with Crippen molar-refractivity contribution in [1.82, 2.24) is 5.43 Å².